The van der Waals surface area contributed by atoms with Crippen LogP contribution in [0, 0.1) is 33.1 Å². The first-order valence-corrected chi connectivity index (χ1v) is 8.84. The van der Waals surface area contributed by atoms with Crippen LogP contribution in [-0.4, -0.2) is 17.0 Å². The van der Waals surface area contributed by atoms with Crippen molar-refractivity contribution in [1.29, 1.82) is 0 Å². The molecule has 0 aliphatic rings. The maximum atomic E-state index is 12.6. The third-order valence-electron chi connectivity index (χ3n) is 4.03. The molecule has 0 radical (unpaired) electrons. The molecule has 2 aromatic rings. The highest BCUT2D eigenvalue weighted by Crippen LogP contribution is 2.34. The van der Waals surface area contributed by atoms with E-state index < -0.39 is 11.4 Å². The van der Waals surface area contributed by atoms with Crippen LogP contribution in [0.4, 0.5) is 5.00 Å². The van der Waals surface area contributed by atoms with Crippen LogP contribution in [0.5, 0.6) is 0 Å². The van der Waals surface area contributed by atoms with Crippen molar-refractivity contribution in [1.82, 2.24) is 5.16 Å². The first-order valence-electron chi connectivity index (χ1n) is 8.02. The van der Waals surface area contributed by atoms with Crippen molar-refractivity contribution in [3.05, 3.63) is 33.0 Å². The predicted octanol–water partition coefficient (Wildman–Crippen LogP) is 4.31. The minimum absolute atomic E-state index is 0.0843. The molecule has 2 heterocycles. The molecule has 0 aliphatic carbocycles. The number of thiophene rings is 1. The lowest BCUT2D eigenvalue weighted by atomic mass is 9.96. The molecule has 25 heavy (non-hydrogen) atoms. The fourth-order valence-corrected chi connectivity index (χ4v) is 3.21. The molecule has 1 amide bonds. The van der Waals surface area contributed by atoms with Crippen molar-refractivity contribution in [2.45, 2.75) is 55.1 Å². The number of nitrogens with zero attached hydrogens (tertiary/aromatic N) is 1. The summed E-state index contributed by atoms with van der Waals surface area (Å²) in [4.78, 5) is 25.9. The van der Waals surface area contributed by atoms with Gasteiger partial charge >= 0.3 is 5.97 Å². The van der Waals surface area contributed by atoms with E-state index in [1.807, 2.05) is 34.6 Å². The summed E-state index contributed by atoms with van der Waals surface area (Å²) < 4.78 is 10.5. The van der Waals surface area contributed by atoms with Gasteiger partial charge in [-0.3, -0.25) is 4.79 Å². The summed E-state index contributed by atoms with van der Waals surface area (Å²) >= 11 is 1.38. The number of ether oxygens (including phenoxy) is 1. The summed E-state index contributed by atoms with van der Waals surface area (Å²) in [6.45, 7) is 12.9. The number of anilines is 1. The second-order valence-electron chi connectivity index (χ2n) is 7.07. The van der Waals surface area contributed by atoms with Crippen molar-refractivity contribution in [2.24, 2.45) is 5.41 Å². The van der Waals surface area contributed by atoms with Crippen molar-refractivity contribution < 1.29 is 18.8 Å². The molecule has 6 nitrogen and oxygen atoms in total. The second-order valence-corrected chi connectivity index (χ2v) is 8.30. The molecule has 0 aliphatic heterocycles. The van der Waals surface area contributed by atoms with E-state index in [0.717, 1.165) is 16.0 Å². The van der Waals surface area contributed by atoms with Crippen molar-refractivity contribution in [3.8, 4) is 0 Å². The number of rotatable bonds is 4. The third kappa shape index (κ3) is 4.10. The average Bonchev–Trinajstić information content (AvgIpc) is 2.96. The van der Waals surface area contributed by atoms with Gasteiger partial charge in [0.05, 0.1) is 16.8 Å². The molecule has 2 aromatic heterocycles. The molecule has 136 valence electrons. The van der Waals surface area contributed by atoms with Crippen LogP contribution >= 0.6 is 11.3 Å². The maximum absolute atomic E-state index is 12.6. The zero-order valence-corrected chi connectivity index (χ0v) is 16.5. The van der Waals surface area contributed by atoms with Gasteiger partial charge in [0, 0.05) is 10.3 Å². The van der Waals surface area contributed by atoms with E-state index in [1.165, 1.54) is 11.3 Å². The maximum Gasteiger partial charge on any atom is 0.341 e. The van der Waals surface area contributed by atoms with Crippen LogP contribution in [0.1, 0.15) is 58.6 Å². The zero-order valence-electron chi connectivity index (χ0n) is 15.7. The molecule has 0 unspecified atom stereocenters. The van der Waals surface area contributed by atoms with Crippen LogP contribution in [0.25, 0.3) is 0 Å². The average molecular weight is 364 g/mol. The van der Waals surface area contributed by atoms with Gasteiger partial charge in [0.2, 0.25) is 5.91 Å². The van der Waals surface area contributed by atoms with Crippen molar-refractivity contribution in [2.75, 3.05) is 5.32 Å². The molecule has 0 atom stereocenters. The molecule has 2 rings (SSSR count). The smallest absolute Gasteiger partial charge is 0.341 e. The van der Waals surface area contributed by atoms with Gasteiger partial charge in [0.25, 0.3) is 0 Å². The van der Waals surface area contributed by atoms with Crippen LogP contribution in [0.3, 0.4) is 0 Å². The molecule has 0 spiro atoms. The van der Waals surface area contributed by atoms with Gasteiger partial charge in [-0.2, -0.15) is 0 Å². The second kappa shape index (κ2) is 7.00. The minimum atomic E-state index is -0.552. The first kappa shape index (κ1) is 19.2. The molecule has 0 fully saturated rings. The van der Waals surface area contributed by atoms with Crippen molar-refractivity contribution in [3.63, 3.8) is 0 Å². The largest absolute Gasteiger partial charge is 0.457 e. The molecular formula is C18H24N2O4S. The van der Waals surface area contributed by atoms with Gasteiger partial charge in [0.15, 0.2) is 0 Å². The van der Waals surface area contributed by atoms with Crippen LogP contribution < -0.4 is 5.32 Å². The lowest BCUT2D eigenvalue weighted by molar-refractivity contribution is -0.123. The van der Waals surface area contributed by atoms with Crippen LogP contribution in [-0.2, 0) is 16.1 Å². The van der Waals surface area contributed by atoms with E-state index in [0.29, 0.717) is 22.0 Å². The Labute approximate surface area is 151 Å². The lowest BCUT2D eigenvalue weighted by Gasteiger charge is -2.17. The van der Waals surface area contributed by atoms with E-state index in [-0.39, 0.29) is 12.5 Å². The van der Waals surface area contributed by atoms with E-state index in [1.54, 1.807) is 13.8 Å². The first-order chi connectivity index (χ1) is 11.5. The van der Waals surface area contributed by atoms with Crippen molar-refractivity contribution >= 4 is 28.2 Å². The Morgan fingerprint density at radius 3 is 2.36 bits per heavy atom. The molecular weight excluding hydrogens is 340 g/mol. The SMILES string of the molecule is Cc1noc(C)c1COC(=O)c1c(NC(=O)C(C)(C)C)sc(C)c1C. The minimum Gasteiger partial charge on any atom is -0.457 e. The Hall–Kier alpha value is -2.15. The van der Waals surface area contributed by atoms with E-state index >= 15 is 0 Å². The number of amides is 1. The monoisotopic (exact) mass is 364 g/mol. The predicted molar refractivity (Wildman–Crippen MR) is 97.0 cm³/mol. The number of aryl methyl sites for hydroxylation is 3. The molecule has 0 saturated carbocycles. The van der Waals surface area contributed by atoms with Gasteiger partial charge in [-0.15, -0.1) is 11.3 Å². The topological polar surface area (TPSA) is 81.4 Å². The summed E-state index contributed by atoms with van der Waals surface area (Å²) in [5, 5.41) is 7.23. The number of esters is 1. The Kier molecular flexibility index (Phi) is 5.37. The summed E-state index contributed by atoms with van der Waals surface area (Å²) in [6, 6.07) is 0. The Morgan fingerprint density at radius 1 is 1.20 bits per heavy atom. The summed E-state index contributed by atoms with van der Waals surface area (Å²) in [5.41, 5.74) is 2.14. The number of hydrogen-bond donors (Lipinski definition) is 1. The standard InChI is InChI=1S/C18H24N2O4S/c1-9-12(4)25-15(19-17(22)18(5,6)7)14(9)16(21)23-8-13-10(2)20-24-11(13)3/h8H2,1-7H3,(H,19,22). The molecule has 7 heteroatoms. The number of carbonyl (C=O) groups is 2. The third-order valence-corrected chi connectivity index (χ3v) is 5.15. The van der Waals surface area contributed by atoms with Gasteiger partial charge in [0.1, 0.15) is 17.4 Å². The number of aromatic nitrogens is 1. The zero-order chi connectivity index (χ0) is 18.9. The Morgan fingerprint density at radius 2 is 1.84 bits per heavy atom. The Balaban J connectivity index is 2.23. The molecule has 0 aromatic carbocycles. The fraction of sp³-hybridized carbons (Fsp3) is 0.500. The van der Waals surface area contributed by atoms with E-state index in [4.69, 9.17) is 9.26 Å². The molecule has 0 saturated heterocycles. The molecule has 1 N–H and O–H groups in total. The summed E-state index contributed by atoms with van der Waals surface area (Å²) in [5.74, 6) is 0.0179. The number of carbonyl (C=O) groups excluding carboxylic acids is 2. The van der Waals surface area contributed by atoms with E-state index in [9.17, 15) is 9.59 Å². The number of hydrogen-bond acceptors (Lipinski definition) is 6. The van der Waals surface area contributed by atoms with Gasteiger partial charge in [-0.25, -0.2) is 4.79 Å². The number of nitrogens with one attached hydrogen (secondary N) is 1. The molecule has 0 bridgehead atoms. The summed E-state index contributed by atoms with van der Waals surface area (Å²) in [7, 11) is 0. The van der Waals surface area contributed by atoms with Gasteiger partial charge in [-0.1, -0.05) is 25.9 Å². The quantitative estimate of drug-likeness (QED) is 0.818. The van der Waals surface area contributed by atoms with Crippen LogP contribution in [0.15, 0.2) is 4.52 Å². The fourth-order valence-electron chi connectivity index (χ4n) is 2.17. The highest BCUT2D eigenvalue weighted by molar-refractivity contribution is 7.16. The van der Waals surface area contributed by atoms with E-state index in [2.05, 4.69) is 10.5 Å². The highest BCUT2D eigenvalue weighted by Gasteiger charge is 2.27. The normalized spacial score (nSPS) is 11.5. The highest BCUT2D eigenvalue weighted by atomic mass is 32.1. The Bertz CT molecular complexity index is 792. The van der Waals surface area contributed by atoms with Crippen LogP contribution in [0.2, 0.25) is 0 Å². The van der Waals surface area contributed by atoms with Gasteiger partial charge < -0.3 is 14.6 Å². The summed E-state index contributed by atoms with van der Waals surface area (Å²) in [6.07, 6.45) is 0. The van der Waals surface area contributed by atoms with Gasteiger partial charge in [-0.05, 0) is 33.3 Å². The lowest BCUT2D eigenvalue weighted by Crippen LogP contribution is -2.28.